The highest BCUT2D eigenvalue weighted by Gasteiger charge is 2.13. The monoisotopic (exact) mass is 234 g/mol. The van der Waals surface area contributed by atoms with E-state index in [-0.39, 0.29) is 0 Å². The third kappa shape index (κ3) is 4.04. The summed E-state index contributed by atoms with van der Waals surface area (Å²) in [7, 11) is 0. The summed E-state index contributed by atoms with van der Waals surface area (Å²) in [5.74, 6) is 1.01. The maximum Gasteiger partial charge on any atom is 0.119 e. The Morgan fingerprint density at radius 1 is 1.12 bits per heavy atom. The number of ether oxygens (including phenoxy) is 1. The first-order chi connectivity index (χ1) is 8.38. The molecule has 94 valence electrons. The van der Waals surface area contributed by atoms with Gasteiger partial charge >= 0.3 is 0 Å². The quantitative estimate of drug-likeness (QED) is 0.740. The smallest absolute Gasteiger partial charge is 0.119 e. The molecule has 0 unspecified atom stereocenters. The predicted octanol–water partition coefficient (Wildman–Crippen LogP) is 1.70. The fourth-order valence-corrected chi connectivity index (χ4v) is 2.46. The maximum atomic E-state index is 5.75. The number of likely N-dealkylation sites (tertiary alicyclic amines) is 1. The van der Waals surface area contributed by atoms with E-state index < -0.39 is 0 Å². The second-order valence-corrected chi connectivity index (χ2v) is 4.91. The zero-order chi connectivity index (χ0) is 11.9. The number of nitrogens with one attached hydrogen (secondary N) is 1. The van der Waals surface area contributed by atoms with Gasteiger partial charge in [0.2, 0.25) is 0 Å². The molecule has 1 aromatic carbocycles. The average molecular weight is 234 g/mol. The van der Waals surface area contributed by atoms with Gasteiger partial charge in [0.25, 0.3) is 0 Å². The van der Waals surface area contributed by atoms with Crippen LogP contribution in [0.2, 0.25) is 0 Å². The predicted molar refractivity (Wildman–Crippen MR) is 70.7 cm³/mol. The third-order valence-corrected chi connectivity index (χ3v) is 3.59. The van der Waals surface area contributed by atoms with Gasteiger partial charge in [0.15, 0.2) is 0 Å². The summed E-state index contributed by atoms with van der Waals surface area (Å²) in [5, 5.41) is 0. The minimum absolute atomic E-state index is 0.856. The van der Waals surface area contributed by atoms with E-state index in [4.69, 9.17) is 4.74 Å². The van der Waals surface area contributed by atoms with Crippen molar-refractivity contribution in [2.45, 2.75) is 32.6 Å². The molecule has 0 amide bonds. The molecule has 0 spiro atoms. The van der Waals surface area contributed by atoms with Crippen molar-refractivity contribution in [3.8, 4) is 5.75 Å². The van der Waals surface area contributed by atoms with Gasteiger partial charge < -0.3 is 9.64 Å². The number of hydrogen-bond donors (Lipinski definition) is 1. The number of hydrogen-bond acceptors (Lipinski definition) is 1. The van der Waals surface area contributed by atoms with Crippen LogP contribution in [0.4, 0.5) is 0 Å². The van der Waals surface area contributed by atoms with Crippen LogP contribution in [0.25, 0.3) is 0 Å². The summed E-state index contributed by atoms with van der Waals surface area (Å²) < 4.78 is 5.75. The van der Waals surface area contributed by atoms with Crippen LogP contribution in [0.3, 0.4) is 0 Å². The molecule has 2 rings (SSSR count). The molecule has 0 aromatic heterocycles. The Bertz CT molecular complexity index is 314. The molecule has 0 saturated carbocycles. The summed E-state index contributed by atoms with van der Waals surface area (Å²) in [4.78, 5) is 1.76. The first-order valence-electron chi connectivity index (χ1n) is 6.94. The molecule has 2 heteroatoms. The van der Waals surface area contributed by atoms with Crippen molar-refractivity contribution in [1.82, 2.24) is 0 Å². The topological polar surface area (TPSA) is 13.7 Å². The third-order valence-electron chi connectivity index (χ3n) is 3.59. The lowest BCUT2D eigenvalue weighted by atomic mass is 10.2. The van der Waals surface area contributed by atoms with Gasteiger partial charge in [0.1, 0.15) is 5.75 Å². The molecule has 2 nitrogen and oxygen atoms in total. The fourth-order valence-electron chi connectivity index (χ4n) is 2.46. The van der Waals surface area contributed by atoms with E-state index in [1.54, 1.807) is 4.90 Å². The van der Waals surface area contributed by atoms with Crippen molar-refractivity contribution < 1.29 is 9.64 Å². The van der Waals surface area contributed by atoms with Gasteiger partial charge in [-0.2, -0.15) is 0 Å². The van der Waals surface area contributed by atoms with Crippen LogP contribution in [-0.2, 0) is 6.42 Å². The lowest BCUT2D eigenvalue weighted by Crippen LogP contribution is -3.10. The number of quaternary nitrogens is 1. The Morgan fingerprint density at radius 3 is 2.47 bits per heavy atom. The van der Waals surface area contributed by atoms with Crippen LogP contribution in [0.1, 0.15) is 31.7 Å². The number of rotatable bonds is 6. The van der Waals surface area contributed by atoms with E-state index >= 15 is 0 Å². The summed E-state index contributed by atoms with van der Waals surface area (Å²) in [6.45, 7) is 7.03. The Morgan fingerprint density at radius 2 is 1.82 bits per heavy atom. The molecule has 1 aliphatic heterocycles. The van der Waals surface area contributed by atoms with Gasteiger partial charge in [-0.3, -0.25) is 0 Å². The van der Waals surface area contributed by atoms with Gasteiger partial charge in [-0.15, -0.1) is 0 Å². The minimum atomic E-state index is 0.856. The van der Waals surface area contributed by atoms with Crippen molar-refractivity contribution in [2.75, 3.05) is 26.2 Å². The molecule has 1 aromatic rings. The summed E-state index contributed by atoms with van der Waals surface area (Å²) in [6, 6.07) is 8.48. The van der Waals surface area contributed by atoms with Crippen LogP contribution < -0.4 is 9.64 Å². The zero-order valence-electron chi connectivity index (χ0n) is 10.9. The second kappa shape index (κ2) is 6.65. The molecular weight excluding hydrogens is 210 g/mol. The van der Waals surface area contributed by atoms with E-state index in [9.17, 15) is 0 Å². The van der Waals surface area contributed by atoms with Crippen LogP contribution in [0.5, 0.6) is 5.75 Å². The molecule has 0 atom stereocenters. The summed E-state index contributed by atoms with van der Waals surface area (Å²) >= 11 is 0. The lowest BCUT2D eigenvalue weighted by Gasteiger charge is -2.12. The van der Waals surface area contributed by atoms with Crippen molar-refractivity contribution in [3.63, 3.8) is 0 Å². The summed E-state index contributed by atoms with van der Waals surface area (Å²) in [5.41, 5.74) is 1.37. The van der Waals surface area contributed by atoms with Gasteiger partial charge in [0, 0.05) is 19.3 Å². The van der Waals surface area contributed by atoms with E-state index in [2.05, 4.69) is 31.2 Å². The highest BCUT2D eigenvalue weighted by Crippen LogP contribution is 2.12. The van der Waals surface area contributed by atoms with Crippen molar-refractivity contribution in [1.29, 1.82) is 0 Å². The molecule has 0 radical (unpaired) electrons. The maximum absolute atomic E-state index is 5.75. The van der Waals surface area contributed by atoms with Crippen LogP contribution >= 0.6 is 0 Å². The zero-order valence-corrected chi connectivity index (χ0v) is 10.9. The summed E-state index contributed by atoms with van der Waals surface area (Å²) in [6.07, 6.45) is 5.09. The van der Waals surface area contributed by atoms with Gasteiger partial charge in [-0.05, 0) is 24.1 Å². The molecule has 1 N–H and O–H groups in total. The van der Waals surface area contributed by atoms with Crippen LogP contribution in [0.15, 0.2) is 24.3 Å². The van der Waals surface area contributed by atoms with Gasteiger partial charge in [0.05, 0.1) is 26.2 Å². The average Bonchev–Trinajstić information content (AvgIpc) is 2.88. The molecule has 0 aliphatic carbocycles. The number of benzene rings is 1. The molecule has 1 heterocycles. The lowest BCUT2D eigenvalue weighted by molar-refractivity contribution is -0.887. The molecule has 1 aliphatic rings. The second-order valence-electron chi connectivity index (χ2n) is 4.91. The minimum Gasteiger partial charge on any atom is -0.493 e. The molecule has 17 heavy (non-hydrogen) atoms. The number of aryl methyl sites for hydroxylation is 1. The fraction of sp³-hybridized carbons (Fsp3) is 0.600. The SMILES string of the molecule is CCc1ccc(OCCC[NH+]2CCCC2)cc1. The first-order valence-corrected chi connectivity index (χ1v) is 6.94. The van der Waals surface area contributed by atoms with E-state index in [1.165, 1.54) is 44.5 Å². The molecule has 1 fully saturated rings. The van der Waals surface area contributed by atoms with Gasteiger partial charge in [-0.1, -0.05) is 19.1 Å². The van der Waals surface area contributed by atoms with Crippen LogP contribution in [0, 0.1) is 0 Å². The largest absolute Gasteiger partial charge is 0.493 e. The Kier molecular flexibility index (Phi) is 4.87. The molecular formula is C15H24NO+. The highest BCUT2D eigenvalue weighted by atomic mass is 16.5. The van der Waals surface area contributed by atoms with Crippen molar-refractivity contribution in [3.05, 3.63) is 29.8 Å². The molecule has 0 bridgehead atoms. The standard InChI is InChI=1S/C15H23NO/c1-2-14-6-8-15(9-7-14)17-13-5-12-16-10-3-4-11-16/h6-9H,2-5,10-13H2,1H3/p+1. The van der Waals surface area contributed by atoms with E-state index in [1.807, 2.05) is 0 Å². The Balaban J connectivity index is 1.63. The first kappa shape index (κ1) is 12.4. The van der Waals surface area contributed by atoms with E-state index in [0.29, 0.717) is 0 Å². The van der Waals surface area contributed by atoms with Crippen molar-refractivity contribution >= 4 is 0 Å². The molecule has 1 saturated heterocycles. The van der Waals surface area contributed by atoms with Crippen LogP contribution in [-0.4, -0.2) is 26.2 Å². The van der Waals surface area contributed by atoms with Crippen molar-refractivity contribution in [2.24, 2.45) is 0 Å². The normalized spacial score (nSPS) is 16.3. The Hall–Kier alpha value is -1.02. The highest BCUT2D eigenvalue weighted by molar-refractivity contribution is 5.27. The van der Waals surface area contributed by atoms with E-state index in [0.717, 1.165) is 18.8 Å². The Labute approximate surface area is 105 Å². The van der Waals surface area contributed by atoms with Gasteiger partial charge in [-0.25, -0.2) is 0 Å².